The maximum atomic E-state index is 10.8. The van der Waals surface area contributed by atoms with Crippen molar-refractivity contribution in [1.29, 1.82) is 0 Å². The molecule has 0 aromatic carbocycles. The van der Waals surface area contributed by atoms with Gasteiger partial charge >= 0.3 is 0 Å². The summed E-state index contributed by atoms with van der Waals surface area (Å²) in [6.45, 7) is 0.731. The number of rotatable bonds is 0. The third-order valence-corrected chi connectivity index (χ3v) is 1.25. The molecule has 0 saturated carbocycles. The van der Waals surface area contributed by atoms with Gasteiger partial charge in [-0.1, -0.05) is 0 Å². The van der Waals surface area contributed by atoms with Gasteiger partial charge in [-0.3, -0.25) is 4.79 Å². The first-order valence-corrected chi connectivity index (χ1v) is 2.96. The highest BCUT2D eigenvalue weighted by Gasteiger charge is 2.14. The number of methoxy groups -OCH3 is 1. The van der Waals surface area contributed by atoms with E-state index in [1.807, 2.05) is 0 Å². The first kappa shape index (κ1) is 6.26. The summed E-state index contributed by atoms with van der Waals surface area (Å²) in [5, 5.41) is 0. The summed E-state index contributed by atoms with van der Waals surface area (Å²) in [5.74, 6) is 0.324. The van der Waals surface area contributed by atoms with Crippen LogP contribution in [0.5, 0.6) is 0 Å². The van der Waals surface area contributed by atoms with Gasteiger partial charge in [-0.15, -0.1) is 0 Å². The summed E-state index contributed by atoms with van der Waals surface area (Å²) in [4.78, 5) is 14.6. The van der Waals surface area contributed by atoms with Crippen molar-refractivity contribution in [2.24, 2.45) is 4.99 Å². The van der Waals surface area contributed by atoms with Crippen LogP contribution in [0.2, 0.25) is 0 Å². The van der Waals surface area contributed by atoms with Crippen molar-refractivity contribution in [3.63, 3.8) is 0 Å². The first-order valence-electron chi connectivity index (χ1n) is 2.96. The van der Waals surface area contributed by atoms with Crippen LogP contribution in [0, 0.1) is 0 Å². The molecular formula is C6H9NO2. The first-order chi connectivity index (χ1) is 4.34. The van der Waals surface area contributed by atoms with Crippen LogP contribution in [0.3, 0.4) is 0 Å². The van der Waals surface area contributed by atoms with E-state index in [1.165, 1.54) is 7.11 Å². The predicted molar refractivity (Wildman–Crippen MR) is 33.6 cm³/mol. The van der Waals surface area contributed by atoms with E-state index in [0.29, 0.717) is 12.3 Å². The van der Waals surface area contributed by atoms with Crippen LogP contribution in [0.25, 0.3) is 0 Å². The monoisotopic (exact) mass is 127 g/mol. The Morgan fingerprint density at radius 1 is 1.67 bits per heavy atom. The topological polar surface area (TPSA) is 38.7 Å². The highest BCUT2D eigenvalue weighted by molar-refractivity contribution is 6.36. The smallest absolute Gasteiger partial charge is 0.253 e. The molecule has 1 heterocycles. The second-order valence-electron chi connectivity index (χ2n) is 1.92. The van der Waals surface area contributed by atoms with Gasteiger partial charge in [-0.05, 0) is 6.42 Å². The molecule has 3 nitrogen and oxygen atoms in total. The van der Waals surface area contributed by atoms with E-state index in [9.17, 15) is 4.79 Å². The number of ketones is 1. The van der Waals surface area contributed by atoms with Crippen molar-refractivity contribution in [3.05, 3.63) is 0 Å². The van der Waals surface area contributed by atoms with Crippen molar-refractivity contribution in [3.8, 4) is 0 Å². The average Bonchev–Trinajstić information content (AvgIpc) is 1.89. The molecule has 0 aromatic heterocycles. The Morgan fingerprint density at radius 2 is 2.44 bits per heavy atom. The number of ether oxygens (including phenoxy) is 1. The second kappa shape index (κ2) is 2.62. The standard InChI is InChI=1S/C6H9NO2/c1-9-6-5(8)3-2-4-7-6/h2-4H2,1H3. The molecule has 0 amide bonds. The summed E-state index contributed by atoms with van der Waals surface area (Å²) in [7, 11) is 1.47. The van der Waals surface area contributed by atoms with Gasteiger partial charge in [0.15, 0.2) is 0 Å². The summed E-state index contributed by atoms with van der Waals surface area (Å²) < 4.78 is 4.70. The number of carbonyl (C=O) groups excluding carboxylic acids is 1. The minimum absolute atomic E-state index is 0.0313. The number of carbonyl (C=O) groups is 1. The second-order valence-corrected chi connectivity index (χ2v) is 1.92. The molecule has 0 unspecified atom stereocenters. The van der Waals surface area contributed by atoms with Crippen LogP contribution >= 0.6 is 0 Å². The van der Waals surface area contributed by atoms with Gasteiger partial charge in [0.1, 0.15) is 0 Å². The SMILES string of the molecule is COC1=NCCCC1=O. The third-order valence-electron chi connectivity index (χ3n) is 1.25. The highest BCUT2D eigenvalue weighted by atomic mass is 16.5. The minimum atomic E-state index is 0.0313. The quantitative estimate of drug-likeness (QED) is 0.472. The Hall–Kier alpha value is -0.860. The van der Waals surface area contributed by atoms with E-state index < -0.39 is 0 Å². The van der Waals surface area contributed by atoms with Gasteiger partial charge < -0.3 is 4.74 Å². The van der Waals surface area contributed by atoms with Crippen molar-refractivity contribution >= 4 is 11.7 Å². The molecular weight excluding hydrogens is 118 g/mol. The fraction of sp³-hybridized carbons (Fsp3) is 0.667. The molecule has 0 aliphatic carbocycles. The summed E-state index contributed by atoms with van der Waals surface area (Å²) in [6.07, 6.45) is 1.46. The molecule has 1 aliphatic rings. The van der Waals surface area contributed by atoms with E-state index in [1.54, 1.807) is 0 Å². The Labute approximate surface area is 53.7 Å². The molecule has 9 heavy (non-hydrogen) atoms. The summed E-state index contributed by atoms with van der Waals surface area (Å²) in [5.41, 5.74) is 0. The largest absolute Gasteiger partial charge is 0.479 e. The molecule has 0 spiro atoms. The van der Waals surface area contributed by atoms with E-state index in [0.717, 1.165) is 13.0 Å². The molecule has 0 saturated heterocycles. The zero-order chi connectivity index (χ0) is 6.69. The van der Waals surface area contributed by atoms with Crippen LogP contribution in [0.1, 0.15) is 12.8 Å². The Bertz CT molecular complexity index is 151. The van der Waals surface area contributed by atoms with Crippen LogP contribution < -0.4 is 0 Å². The third kappa shape index (κ3) is 1.28. The molecule has 1 rings (SSSR count). The fourth-order valence-electron chi connectivity index (χ4n) is 0.794. The Kier molecular flexibility index (Phi) is 1.82. The van der Waals surface area contributed by atoms with Crippen LogP contribution in [0.4, 0.5) is 0 Å². The fourth-order valence-corrected chi connectivity index (χ4v) is 0.794. The van der Waals surface area contributed by atoms with Crippen molar-refractivity contribution < 1.29 is 9.53 Å². The molecule has 3 heteroatoms. The van der Waals surface area contributed by atoms with Crippen LogP contribution in [0.15, 0.2) is 4.99 Å². The zero-order valence-corrected chi connectivity index (χ0v) is 5.39. The van der Waals surface area contributed by atoms with Crippen molar-refractivity contribution in [2.45, 2.75) is 12.8 Å². The van der Waals surface area contributed by atoms with E-state index in [2.05, 4.69) is 4.99 Å². The molecule has 1 aliphatic heterocycles. The lowest BCUT2D eigenvalue weighted by Crippen LogP contribution is -2.20. The number of hydrogen-bond acceptors (Lipinski definition) is 3. The maximum absolute atomic E-state index is 10.8. The molecule has 0 radical (unpaired) electrons. The lowest BCUT2D eigenvalue weighted by molar-refractivity contribution is -0.114. The lowest BCUT2D eigenvalue weighted by atomic mass is 10.2. The van der Waals surface area contributed by atoms with Gasteiger partial charge in [0.2, 0.25) is 5.78 Å². The molecule has 0 fully saturated rings. The zero-order valence-electron chi connectivity index (χ0n) is 5.39. The number of hydrogen-bond donors (Lipinski definition) is 0. The number of Topliss-reactive ketones (excluding diaryl/α,β-unsaturated/α-hetero) is 1. The Morgan fingerprint density at radius 3 is 2.89 bits per heavy atom. The molecule has 50 valence electrons. The molecule has 0 aromatic rings. The van der Waals surface area contributed by atoms with Crippen molar-refractivity contribution in [2.75, 3.05) is 13.7 Å². The van der Waals surface area contributed by atoms with Gasteiger partial charge in [0.05, 0.1) is 7.11 Å². The predicted octanol–water partition coefficient (Wildman–Crippen LogP) is 0.394. The Balaban J connectivity index is 2.64. The van der Waals surface area contributed by atoms with E-state index in [4.69, 9.17) is 4.74 Å². The van der Waals surface area contributed by atoms with E-state index >= 15 is 0 Å². The normalized spacial score (nSPS) is 19.2. The van der Waals surface area contributed by atoms with E-state index in [-0.39, 0.29) is 5.78 Å². The highest BCUT2D eigenvalue weighted by Crippen LogP contribution is 2.01. The summed E-state index contributed by atoms with van der Waals surface area (Å²) >= 11 is 0. The van der Waals surface area contributed by atoms with Gasteiger partial charge in [-0.25, -0.2) is 4.99 Å². The van der Waals surface area contributed by atoms with Gasteiger partial charge in [0.25, 0.3) is 5.90 Å². The molecule has 0 bridgehead atoms. The van der Waals surface area contributed by atoms with Crippen LogP contribution in [-0.4, -0.2) is 25.3 Å². The lowest BCUT2D eigenvalue weighted by Gasteiger charge is -2.07. The van der Waals surface area contributed by atoms with Crippen molar-refractivity contribution in [1.82, 2.24) is 0 Å². The van der Waals surface area contributed by atoms with Gasteiger partial charge in [0, 0.05) is 13.0 Å². The number of aliphatic imine (C=N–C) groups is 1. The average molecular weight is 127 g/mol. The van der Waals surface area contributed by atoms with Crippen LogP contribution in [-0.2, 0) is 9.53 Å². The molecule has 0 N–H and O–H groups in total. The summed E-state index contributed by atoms with van der Waals surface area (Å²) in [6, 6.07) is 0. The maximum Gasteiger partial charge on any atom is 0.253 e. The molecule has 0 atom stereocenters. The van der Waals surface area contributed by atoms with Gasteiger partial charge in [-0.2, -0.15) is 0 Å². The minimum Gasteiger partial charge on any atom is -0.479 e. The number of nitrogens with zero attached hydrogens (tertiary/aromatic N) is 1.